The highest BCUT2D eigenvalue weighted by Crippen LogP contribution is 2.33. The summed E-state index contributed by atoms with van der Waals surface area (Å²) in [6, 6.07) is 19.9. The van der Waals surface area contributed by atoms with Crippen molar-refractivity contribution in [1.82, 2.24) is 30.1 Å². The second kappa shape index (κ2) is 9.66. The number of H-pyrrole nitrogens is 2. The molecular weight excluding hydrogens is 462 g/mol. The predicted molar refractivity (Wildman–Crippen MR) is 146 cm³/mol. The summed E-state index contributed by atoms with van der Waals surface area (Å²) in [6.45, 7) is 2.07. The first kappa shape index (κ1) is 22.6. The van der Waals surface area contributed by atoms with Crippen molar-refractivity contribution < 1.29 is 4.79 Å². The molecule has 5 heterocycles. The van der Waals surface area contributed by atoms with Crippen LogP contribution in [0.25, 0.3) is 55.8 Å². The Hall–Kier alpha value is -4.85. The number of pyridine rings is 3. The van der Waals surface area contributed by atoms with E-state index in [9.17, 15) is 4.79 Å². The number of carbonyl (C=O) groups excluding carboxylic acids is 1. The first-order valence-electron chi connectivity index (χ1n) is 12.3. The average molecular weight is 488 g/mol. The van der Waals surface area contributed by atoms with Crippen LogP contribution in [0, 0.1) is 0 Å². The van der Waals surface area contributed by atoms with Crippen molar-refractivity contribution in [2.75, 3.05) is 5.32 Å². The van der Waals surface area contributed by atoms with E-state index in [1.807, 2.05) is 48.5 Å². The summed E-state index contributed by atoms with van der Waals surface area (Å²) in [5.41, 5.74) is 8.38. The third-order valence-electron chi connectivity index (χ3n) is 6.34. The highest BCUT2D eigenvalue weighted by atomic mass is 16.1. The van der Waals surface area contributed by atoms with E-state index in [1.54, 1.807) is 18.6 Å². The molecular formula is C29H25N7O. The van der Waals surface area contributed by atoms with Crippen LogP contribution in [-0.2, 0) is 4.79 Å². The van der Waals surface area contributed by atoms with Crippen LogP contribution in [0.1, 0.15) is 26.2 Å². The van der Waals surface area contributed by atoms with Crippen molar-refractivity contribution in [3.63, 3.8) is 0 Å². The molecule has 0 aliphatic heterocycles. The van der Waals surface area contributed by atoms with Gasteiger partial charge >= 0.3 is 0 Å². The van der Waals surface area contributed by atoms with Crippen LogP contribution >= 0.6 is 0 Å². The lowest BCUT2D eigenvalue weighted by atomic mass is 10.1. The summed E-state index contributed by atoms with van der Waals surface area (Å²) in [5, 5.41) is 11.7. The fourth-order valence-corrected chi connectivity index (χ4v) is 4.48. The average Bonchev–Trinajstić information content (AvgIpc) is 3.56. The number of aromatic nitrogens is 6. The number of rotatable bonds is 7. The number of nitrogens with one attached hydrogen (secondary N) is 3. The van der Waals surface area contributed by atoms with Crippen molar-refractivity contribution in [3.05, 3.63) is 79.3 Å². The monoisotopic (exact) mass is 487 g/mol. The Morgan fingerprint density at radius 2 is 1.92 bits per heavy atom. The lowest BCUT2D eigenvalue weighted by molar-refractivity contribution is -0.116. The van der Waals surface area contributed by atoms with Gasteiger partial charge < -0.3 is 10.3 Å². The van der Waals surface area contributed by atoms with E-state index in [-0.39, 0.29) is 5.91 Å². The van der Waals surface area contributed by atoms with E-state index in [2.05, 4.69) is 49.5 Å². The highest BCUT2D eigenvalue weighted by molar-refractivity contribution is 6.00. The molecule has 0 bridgehead atoms. The van der Waals surface area contributed by atoms with Crippen LogP contribution in [0.15, 0.2) is 79.3 Å². The normalized spacial score (nSPS) is 11.3. The van der Waals surface area contributed by atoms with Gasteiger partial charge in [0.05, 0.1) is 34.5 Å². The number of benzene rings is 1. The summed E-state index contributed by atoms with van der Waals surface area (Å²) in [5.74, 6) is -0.00906. The number of nitrogens with zero attached hydrogens (tertiary/aromatic N) is 4. The van der Waals surface area contributed by atoms with Crippen molar-refractivity contribution >= 4 is 33.5 Å². The van der Waals surface area contributed by atoms with E-state index in [0.717, 1.165) is 68.7 Å². The van der Waals surface area contributed by atoms with Gasteiger partial charge in [-0.05, 0) is 48.9 Å². The van der Waals surface area contributed by atoms with Gasteiger partial charge in [0.15, 0.2) is 0 Å². The zero-order valence-corrected chi connectivity index (χ0v) is 20.3. The summed E-state index contributed by atoms with van der Waals surface area (Å²) in [6.07, 6.45) is 7.53. The van der Waals surface area contributed by atoms with Crippen molar-refractivity contribution in [2.24, 2.45) is 0 Å². The second-order valence-corrected chi connectivity index (χ2v) is 8.94. The molecule has 6 rings (SSSR count). The molecule has 6 aromatic rings. The predicted octanol–water partition coefficient (Wildman–Crippen LogP) is 6.36. The smallest absolute Gasteiger partial charge is 0.224 e. The molecule has 37 heavy (non-hydrogen) atoms. The van der Waals surface area contributed by atoms with E-state index < -0.39 is 0 Å². The van der Waals surface area contributed by atoms with E-state index in [4.69, 9.17) is 4.98 Å². The molecule has 0 unspecified atom stereocenters. The fourth-order valence-electron chi connectivity index (χ4n) is 4.48. The van der Waals surface area contributed by atoms with E-state index in [1.165, 1.54) is 0 Å². The molecule has 3 N–H and O–H groups in total. The quantitative estimate of drug-likeness (QED) is 0.243. The molecule has 182 valence electrons. The fraction of sp³-hybridized carbons (Fsp3) is 0.138. The van der Waals surface area contributed by atoms with Crippen LogP contribution in [-0.4, -0.2) is 36.0 Å². The standard InChI is InChI=1S/C29H25N7O/c1-2-3-10-27(37)32-19-14-18(16-30-17-19)22-11-12-25-28(34-22)29(36-35-25)26-15-21-20(7-6-9-24(21)33-26)23-8-4-5-13-31-23/h4-9,11-17,33H,2-3,10H2,1H3,(H,32,37)(H,35,36). The van der Waals surface area contributed by atoms with Gasteiger partial charge in [0.25, 0.3) is 0 Å². The van der Waals surface area contributed by atoms with Gasteiger partial charge in [-0.25, -0.2) is 4.98 Å². The number of amides is 1. The molecule has 5 aromatic heterocycles. The Balaban J connectivity index is 1.37. The first-order chi connectivity index (χ1) is 18.2. The van der Waals surface area contributed by atoms with Crippen molar-refractivity contribution in [1.29, 1.82) is 0 Å². The van der Waals surface area contributed by atoms with Crippen molar-refractivity contribution in [2.45, 2.75) is 26.2 Å². The molecule has 0 aliphatic rings. The van der Waals surface area contributed by atoms with Gasteiger partial charge in [0.1, 0.15) is 11.2 Å². The molecule has 1 amide bonds. The highest BCUT2D eigenvalue weighted by Gasteiger charge is 2.16. The van der Waals surface area contributed by atoms with Gasteiger partial charge in [0.2, 0.25) is 5.91 Å². The van der Waals surface area contributed by atoms with Crippen LogP contribution in [0.4, 0.5) is 5.69 Å². The molecule has 0 radical (unpaired) electrons. The summed E-state index contributed by atoms with van der Waals surface area (Å²) >= 11 is 0. The number of hydrogen-bond acceptors (Lipinski definition) is 5. The number of carbonyl (C=O) groups is 1. The molecule has 1 aromatic carbocycles. The molecule has 0 saturated carbocycles. The zero-order valence-electron chi connectivity index (χ0n) is 20.3. The topological polar surface area (TPSA) is 112 Å². The number of unbranched alkanes of at least 4 members (excludes halogenated alkanes) is 1. The molecule has 0 aliphatic carbocycles. The molecule has 0 atom stereocenters. The Bertz CT molecular complexity index is 1720. The second-order valence-electron chi connectivity index (χ2n) is 8.94. The summed E-state index contributed by atoms with van der Waals surface area (Å²) in [4.78, 5) is 29.4. The maximum Gasteiger partial charge on any atom is 0.224 e. The maximum absolute atomic E-state index is 12.2. The number of anilines is 1. The van der Waals surface area contributed by atoms with Crippen LogP contribution < -0.4 is 5.32 Å². The van der Waals surface area contributed by atoms with Crippen LogP contribution in [0.2, 0.25) is 0 Å². The molecule has 0 spiro atoms. The number of fused-ring (bicyclic) bond motifs is 2. The Morgan fingerprint density at radius 3 is 2.78 bits per heavy atom. The van der Waals surface area contributed by atoms with Gasteiger partial charge in [0, 0.05) is 40.8 Å². The van der Waals surface area contributed by atoms with E-state index in [0.29, 0.717) is 12.1 Å². The number of hydrogen-bond donors (Lipinski definition) is 3. The van der Waals surface area contributed by atoms with Crippen LogP contribution in [0.3, 0.4) is 0 Å². The Morgan fingerprint density at radius 1 is 0.973 bits per heavy atom. The molecule has 0 fully saturated rings. The van der Waals surface area contributed by atoms with Gasteiger partial charge in [-0.15, -0.1) is 0 Å². The van der Waals surface area contributed by atoms with Gasteiger partial charge in [-0.2, -0.15) is 5.10 Å². The lowest BCUT2D eigenvalue weighted by Gasteiger charge is -2.07. The Kier molecular flexibility index (Phi) is 5.90. The zero-order chi connectivity index (χ0) is 25.2. The maximum atomic E-state index is 12.2. The summed E-state index contributed by atoms with van der Waals surface area (Å²) in [7, 11) is 0. The first-order valence-corrected chi connectivity index (χ1v) is 12.3. The molecule has 8 nitrogen and oxygen atoms in total. The molecule has 0 saturated heterocycles. The van der Waals surface area contributed by atoms with Gasteiger partial charge in [-0.3, -0.25) is 19.9 Å². The third-order valence-corrected chi connectivity index (χ3v) is 6.34. The Labute approximate surface area is 213 Å². The lowest BCUT2D eigenvalue weighted by Crippen LogP contribution is -2.11. The van der Waals surface area contributed by atoms with Crippen molar-refractivity contribution in [3.8, 4) is 33.9 Å². The minimum absolute atomic E-state index is 0.00906. The summed E-state index contributed by atoms with van der Waals surface area (Å²) < 4.78 is 0. The number of aromatic amines is 2. The van der Waals surface area contributed by atoms with E-state index >= 15 is 0 Å². The van der Waals surface area contributed by atoms with Crippen LogP contribution in [0.5, 0.6) is 0 Å². The SMILES string of the molecule is CCCCC(=O)Nc1cncc(-c2ccc3[nH]nc(-c4cc5c(-c6ccccn6)cccc5[nH]4)c3n2)c1. The molecule has 8 heteroatoms. The minimum Gasteiger partial charge on any atom is -0.353 e. The third kappa shape index (κ3) is 4.45. The minimum atomic E-state index is -0.00906. The largest absolute Gasteiger partial charge is 0.353 e. The van der Waals surface area contributed by atoms with Gasteiger partial charge in [-0.1, -0.05) is 31.5 Å².